The summed E-state index contributed by atoms with van der Waals surface area (Å²) in [5.74, 6) is 1.00. The van der Waals surface area contributed by atoms with Crippen molar-refractivity contribution in [3.8, 4) is 0 Å². The first-order valence-electron chi connectivity index (χ1n) is 8.34. The summed E-state index contributed by atoms with van der Waals surface area (Å²) in [5.41, 5.74) is -0.380. The average Bonchev–Trinajstić information content (AvgIpc) is 2.52. The molecule has 0 aromatic carbocycles. The Balaban J connectivity index is 2.27. The molecule has 6 atom stereocenters. The lowest BCUT2D eigenvalue weighted by atomic mass is 9.57. The lowest BCUT2D eigenvalue weighted by molar-refractivity contribution is -0.131. The molecule has 0 aromatic heterocycles. The van der Waals surface area contributed by atoms with Gasteiger partial charge in [-0.15, -0.1) is 0 Å². The number of rotatable bonds is 5. The predicted octanol–water partition coefficient (Wildman–Crippen LogP) is 3.05. The van der Waals surface area contributed by atoms with E-state index in [9.17, 15) is 9.90 Å². The number of aliphatic hydroxyl groups excluding tert-OH is 1. The van der Waals surface area contributed by atoms with Gasteiger partial charge in [-0.1, -0.05) is 37.3 Å². The van der Waals surface area contributed by atoms with Crippen LogP contribution in [0.3, 0.4) is 0 Å². The van der Waals surface area contributed by atoms with Crippen LogP contribution in [-0.4, -0.2) is 35.5 Å². The molecule has 0 amide bonds. The quantitative estimate of drug-likeness (QED) is 0.464. The third-order valence-corrected chi connectivity index (χ3v) is 5.58. The lowest BCUT2D eigenvalue weighted by Gasteiger charge is -2.50. The second-order valence-electron chi connectivity index (χ2n) is 7.09. The van der Waals surface area contributed by atoms with Crippen molar-refractivity contribution in [2.45, 2.75) is 32.3 Å². The van der Waals surface area contributed by atoms with E-state index >= 15 is 0 Å². The topological polar surface area (TPSA) is 66.8 Å². The summed E-state index contributed by atoms with van der Waals surface area (Å²) in [5, 5.41) is 18.2. The van der Waals surface area contributed by atoms with Crippen molar-refractivity contribution in [3.63, 3.8) is 0 Å². The lowest BCUT2D eigenvalue weighted by Crippen LogP contribution is -2.48. The van der Waals surface area contributed by atoms with Crippen molar-refractivity contribution in [2.24, 2.45) is 29.6 Å². The van der Waals surface area contributed by atoms with Crippen LogP contribution < -0.4 is 0 Å². The van der Waals surface area contributed by atoms with Crippen LogP contribution in [0.15, 0.2) is 36.5 Å². The van der Waals surface area contributed by atoms with Gasteiger partial charge in [0.15, 0.2) is 0 Å². The summed E-state index contributed by atoms with van der Waals surface area (Å²) in [7, 11) is 1.72. The number of ether oxygens (including phenoxy) is 1. The summed E-state index contributed by atoms with van der Waals surface area (Å²) in [6.07, 6.45) is 13.0. The Labute approximate surface area is 138 Å². The van der Waals surface area contributed by atoms with Crippen molar-refractivity contribution < 1.29 is 19.7 Å². The van der Waals surface area contributed by atoms with Crippen molar-refractivity contribution in [1.82, 2.24) is 0 Å². The molecule has 0 aliphatic heterocycles. The third kappa shape index (κ3) is 3.93. The number of fused-ring (bicyclic) bond motifs is 1. The number of hydrogen-bond acceptors (Lipinski definition) is 3. The molecule has 2 rings (SSSR count). The van der Waals surface area contributed by atoms with Crippen LogP contribution in [0.4, 0.5) is 0 Å². The summed E-state index contributed by atoms with van der Waals surface area (Å²) in [4.78, 5) is 10.6. The maximum atomic E-state index is 10.6. The maximum absolute atomic E-state index is 10.6. The fourth-order valence-corrected chi connectivity index (χ4v) is 4.37. The second-order valence-corrected chi connectivity index (χ2v) is 7.09. The van der Waals surface area contributed by atoms with Gasteiger partial charge in [-0.25, -0.2) is 4.79 Å². The van der Waals surface area contributed by atoms with Gasteiger partial charge < -0.3 is 14.9 Å². The Kier molecular flexibility index (Phi) is 5.82. The van der Waals surface area contributed by atoms with Crippen LogP contribution in [0.25, 0.3) is 0 Å². The Morgan fingerprint density at radius 1 is 1.39 bits per heavy atom. The van der Waals surface area contributed by atoms with Gasteiger partial charge in [-0.3, -0.25) is 0 Å². The number of carbonyl (C=O) groups is 1. The molecule has 2 aliphatic rings. The van der Waals surface area contributed by atoms with Crippen molar-refractivity contribution in [1.29, 1.82) is 0 Å². The Morgan fingerprint density at radius 2 is 2.13 bits per heavy atom. The van der Waals surface area contributed by atoms with Crippen LogP contribution >= 0.6 is 0 Å². The van der Waals surface area contributed by atoms with Crippen molar-refractivity contribution >= 4 is 5.97 Å². The number of aliphatic carboxylic acids is 1. The normalized spacial score (nSPS) is 40.6. The number of methoxy groups -OCH3 is 1. The minimum absolute atomic E-state index is 0.190. The standard InChI is InChI=1S/C19H28O4/c1-13-10-14(12-20)11-15-8-9-19(2,23-3)16(18(13)15)6-4-5-7-17(21)22/h4-9,13-16,18,20H,10-12H2,1-3H3,(H,21,22)/b6-4+,7-5+/t13-,14+,15+,16-,18+,19-/m1/s1. The number of carboxylic acids is 1. The van der Waals surface area contributed by atoms with E-state index in [2.05, 4.69) is 32.1 Å². The van der Waals surface area contributed by atoms with Crippen LogP contribution in [0.2, 0.25) is 0 Å². The first-order chi connectivity index (χ1) is 10.9. The van der Waals surface area contributed by atoms with Crippen LogP contribution in [0.1, 0.15) is 26.7 Å². The zero-order chi connectivity index (χ0) is 17.0. The Hall–Kier alpha value is -1.39. The van der Waals surface area contributed by atoms with Gasteiger partial charge in [0.1, 0.15) is 0 Å². The van der Waals surface area contributed by atoms with Gasteiger partial charge in [0.2, 0.25) is 0 Å². The third-order valence-electron chi connectivity index (χ3n) is 5.58. The molecule has 0 bridgehead atoms. The zero-order valence-corrected chi connectivity index (χ0v) is 14.2. The monoisotopic (exact) mass is 320 g/mol. The fraction of sp³-hybridized carbons (Fsp3) is 0.632. The molecule has 0 radical (unpaired) electrons. The average molecular weight is 320 g/mol. The maximum Gasteiger partial charge on any atom is 0.328 e. The summed E-state index contributed by atoms with van der Waals surface area (Å²) in [6, 6.07) is 0. The van der Waals surface area contributed by atoms with Crippen LogP contribution in [0, 0.1) is 29.6 Å². The minimum atomic E-state index is -0.942. The van der Waals surface area contributed by atoms with Gasteiger partial charge in [0.25, 0.3) is 0 Å². The number of aliphatic hydroxyl groups is 1. The van der Waals surface area contributed by atoms with Crippen molar-refractivity contribution in [2.75, 3.05) is 13.7 Å². The number of hydrogen-bond donors (Lipinski definition) is 2. The Bertz CT molecular complexity index is 507. The SMILES string of the molecule is CO[C@]1(C)C=C[C@H]2C[C@@H](CO)C[C@@H](C)[C@@H]2[C@H]1/C=C/C=C/C(=O)O. The second kappa shape index (κ2) is 7.45. The molecule has 0 unspecified atom stereocenters. The largest absolute Gasteiger partial charge is 0.478 e. The highest BCUT2D eigenvalue weighted by atomic mass is 16.5. The highest BCUT2D eigenvalue weighted by Crippen LogP contribution is 2.50. The van der Waals surface area contributed by atoms with E-state index in [4.69, 9.17) is 9.84 Å². The molecule has 4 nitrogen and oxygen atoms in total. The van der Waals surface area contributed by atoms with E-state index < -0.39 is 5.97 Å². The first kappa shape index (κ1) is 18.0. The van der Waals surface area contributed by atoms with Gasteiger partial charge in [-0.05, 0) is 43.4 Å². The Morgan fingerprint density at radius 3 is 2.74 bits per heavy atom. The molecular weight excluding hydrogens is 292 g/mol. The van der Waals surface area contributed by atoms with E-state index in [0.717, 1.165) is 18.9 Å². The highest BCUT2D eigenvalue weighted by molar-refractivity contribution is 5.80. The molecule has 4 heteroatoms. The molecule has 1 saturated carbocycles. The zero-order valence-electron chi connectivity index (χ0n) is 14.2. The van der Waals surface area contributed by atoms with E-state index in [1.54, 1.807) is 13.2 Å². The van der Waals surface area contributed by atoms with E-state index in [0.29, 0.717) is 23.7 Å². The molecule has 0 heterocycles. The summed E-state index contributed by atoms with van der Waals surface area (Å²) < 4.78 is 5.79. The highest BCUT2D eigenvalue weighted by Gasteiger charge is 2.47. The van der Waals surface area contributed by atoms with Crippen LogP contribution in [-0.2, 0) is 9.53 Å². The molecule has 2 N–H and O–H groups in total. The molecule has 23 heavy (non-hydrogen) atoms. The smallest absolute Gasteiger partial charge is 0.328 e. The van der Waals surface area contributed by atoms with E-state index in [1.807, 2.05) is 6.08 Å². The van der Waals surface area contributed by atoms with E-state index in [1.165, 1.54) is 0 Å². The summed E-state index contributed by atoms with van der Waals surface area (Å²) >= 11 is 0. The van der Waals surface area contributed by atoms with Gasteiger partial charge >= 0.3 is 5.97 Å². The molecule has 0 aromatic rings. The molecule has 0 saturated heterocycles. The molecule has 1 fully saturated rings. The molecular formula is C19H28O4. The van der Waals surface area contributed by atoms with Gasteiger partial charge in [-0.2, -0.15) is 0 Å². The van der Waals surface area contributed by atoms with Crippen molar-refractivity contribution in [3.05, 3.63) is 36.5 Å². The molecule has 2 aliphatic carbocycles. The number of carboxylic acid groups (broad SMARTS) is 1. The summed E-state index contributed by atoms with van der Waals surface area (Å²) in [6.45, 7) is 4.59. The fourth-order valence-electron chi connectivity index (χ4n) is 4.37. The van der Waals surface area contributed by atoms with E-state index in [-0.39, 0.29) is 18.1 Å². The van der Waals surface area contributed by atoms with Gasteiger partial charge in [0, 0.05) is 25.7 Å². The predicted molar refractivity (Wildman–Crippen MR) is 89.9 cm³/mol. The molecule has 128 valence electrons. The molecule has 0 spiro atoms. The number of allylic oxidation sites excluding steroid dienone is 3. The van der Waals surface area contributed by atoms with Crippen LogP contribution in [0.5, 0.6) is 0 Å². The minimum Gasteiger partial charge on any atom is -0.478 e. The van der Waals surface area contributed by atoms with Gasteiger partial charge in [0.05, 0.1) is 5.60 Å². The first-order valence-corrected chi connectivity index (χ1v) is 8.34.